The average Bonchev–Trinajstić information content (AvgIpc) is 2.55. The van der Waals surface area contributed by atoms with Crippen LogP contribution in [0, 0.1) is 34.6 Å². The van der Waals surface area contributed by atoms with Gasteiger partial charge in [0, 0.05) is 17.1 Å². The third-order valence-corrected chi connectivity index (χ3v) is 5.09. The van der Waals surface area contributed by atoms with Crippen molar-refractivity contribution in [2.45, 2.75) is 51.9 Å². The van der Waals surface area contributed by atoms with E-state index in [2.05, 4.69) is 20.6 Å². The molecule has 0 fully saturated rings. The predicted molar refractivity (Wildman–Crippen MR) is 105 cm³/mol. The maximum atomic E-state index is 12.3. The van der Waals surface area contributed by atoms with Crippen LogP contribution in [0.1, 0.15) is 35.0 Å². The smallest absolute Gasteiger partial charge is 0.307 e. The fraction of sp³-hybridized carbons (Fsp3) is 0.368. The largest absolute Gasteiger partial charge is 0.325 e. The Kier molecular flexibility index (Phi) is 6.37. The van der Waals surface area contributed by atoms with E-state index in [4.69, 9.17) is 0 Å². The Labute approximate surface area is 158 Å². The highest BCUT2D eigenvalue weighted by Crippen LogP contribution is 2.22. The Hall–Kier alpha value is -2.41. The summed E-state index contributed by atoms with van der Waals surface area (Å²) in [6.07, 6.45) is 0. The van der Waals surface area contributed by atoms with Crippen molar-refractivity contribution in [1.29, 1.82) is 0 Å². The summed E-state index contributed by atoms with van der Waals surface area (Å²) in [4.78, 5) is 33.1. The maximum absolute atomic E-state index is 12.3. The van der Waals surface area contributed by atoms with Crippen LogP contribution in [0.25, 0.3) is 0 Å². The van der Waals surface area contributed by atoms with Crippen LogP contribution in [0.5, 0.6) is 0 Å². The monoisotopic (exact) mass is 372 g/mol. The van der Waals surface area contributed by atoms with E-state index in [0.29, 0.717) is 10.8 Å². The Morgan fingerprint density at radius 1 is 1.04 bits per heavy atom. The summed E-state index contributed by atoms with van der Waals surface area (Å²) in [5.74, 6) is -0.392. The second-order valence-electron chi connectivity index (χ2n) is 6.32. The molecule has 0 saturated carbocycles. The van der Waals surface area contributed by atoms with Gasteiger partial charge in [0.15, 0.2) is 5.16 Å². The van der Waals surface area contributed by atoms with E-state index in [1.54, 1.807) is 6.92 Å². The zero-order valence-electron chi connectivity index (χ0n) is 15.9. The molecule has 0 aliphatic rings. The number of urea groups is 1. The fourth-order valence-corrected chi connectivity index (χ4v) is 3.19. The highest BCUT2D eigenvalue weighted by atomic mass is 32.2. The number of nitrogens with one attached hydrogen (secondary N) is 2. The number of benzene rings is 1. The van der Waals surface area contributed by atoms with E-state index < -0.39 is 17.2 Å². The van der Waals surface area contributed by atoms with E-state index in [9.17, 15) is 9.59 Å². The molecular weight excluding hydrogens is 348 g/mol. The third kappa shape index (κ3) is 5.05. The molecule has 0 bridgehead atoms. The van der Waals surface area contributed by atoms with Crippen LogP contribution in [0.4, 0.5) is 10.5 Å². The molecule has 7 heteroatoms. The van der Waals surface area contributed by atoms with Gasteiger partial charge in [-0.1, -0.05) is 29.5 Å². The Balaban J connectivity index is 1.97. The van der Waals surface area contributed by atoms with Gasteiger partial charge in [-0.05, 0) is 58.7 Å². The fourth-order valence-electron chi connectivity index (χ4n) is 2.33. The first-order valence-electron chi connectivity index (χ1n) is 8.35. The Bertz CT molecular complexity index is 828. The first kappa shape index (κ1) is 19.9. The number of aromatic nitrogens is 2. The number of hydrogen-bond acceptors (Lipinski definition) is 5. The number of hydrogen-bond donors (Lipinski definition) is 2. The van der Waals surface area contributed by atoms with E-state index in [1.807, 2.05) is 52.8 Å². The summed E-state index contributed by atoms with van der Waals surface area (Å²) in [6, 6.07) is 5.14. The molecule has 0 spiro atoms. The molecule has 1 atom stereocenters. The molecule has 0 aliphatic heterocycles. The van der Waals surface area contributed by atoms with Gasteiger partial charge in [0.2, 0.25) is 5.91 Å². The number of thioether (sulfide) groups is 1. The van der Waals surface area contributed by atoms with Crippen molar-refractivity contribution in [2.24, 2.45) is 0 Å². The number of amides is 3. The summed E-state index contributed by atoms with van der Waals surface area (Å²) in [5, 5.41) is 5.10. The number of anilines is 1. The van der Waals surface area contributed by atoms with Crippen LogP contribution in [0.3, 0.4) is 0 Å². The van der Waals surface area contributed by atoms with Crippen LogP contribution >= 0.6 is 11.8 Å². The lowest BCUT2D eigenvalue weighted by Crippen LogP contribution is -2.39. The van der Waals surface area contributed by atoms with Crippen LogP contribution in [-0.4, -0.2) is 27.2 Å². The molecule has 0 saturated heterocycles. The number of aryl methyl sites for hydroxylation is 4. The second kappa shape index (κ2) is 8.31. The molecule has 2 rings (SSSR count). The molecule has 26 heavy (non-hydrogen) atoms. The summed E-state index contributed by atoms with van der Waals surface area (Å²) in [6.45, 7) is 11.4. The van der Waals surface area contributed by atoms with Crippen molar-refractivity contribution in [2.75, 3.05) is 5.32 Å². The lowest BCUT2D eigenvalue weighted by Gasteiger charge is -2.13. The van der Waals surface area contributed by atoms with Crippen LogP contribution < -0.4 is 10.6 Å². The number of carbonyl (C=O) groups excluding carboxylic acids is 2. The molecule has 6 nitrogen and oxygen atoms in total. The van der Waals surface area contributed by atoms with Gasteiger partial charge in [-0.25, -0.2) is 14.8 Å². The van der Waals surface area contributed by atoms with Crippen LogP contribution in [0.15, 0.2) is 23.4 Å². The normalized spacial score (nSPS) is 11.8. The van der Waals surface area contributed by atoms with Crippen molar-refractivity contribution in [3.8, 4) is 0 Å². The van der Waals surface area contributed by atoms with Crippen LogP contribution in [-0.2, 0) is 4.79 Å². The number of rotatable bonds is 4. The van der Waals surface area contributed by atoms with E-state index in [0.717, 1.165) is 28.1 Å². The summed E-state index contributed by atoms with van der Waals surface area (Å²) < 4.78 is 0. The molecule has 0 radical (unpaired) electrons. The lowest BCUT2D eigenvalue weighted by molar-refractivity contribution is -0.119. The van der Waals surface area contributed by atoms with Gasteiger partial charge in [-0.2, -0.15) is 0 Å². The van der Waals surface area contributed by atoms with E-state index in [1.165, 1.54) is 11.8 Å². The first-order chi connectivity index (χ1) is 12.2. The molecule has 1 aromatic carbocycles. The van der Waals surface area contributed by atoms with Crippen molar-refractivity contribution in [3.63, 3.8) is 0 Å². The molecule has 0 aliphatic carbocycles. The quantitative estimate of drug-likeness (QED) is 0.629. The summed E-state index contributed by atoms with van der Waals surface area (Å²) in [5.41, 5.74) is 5.54. The zero-order chi connectivity index (χ0) is 19.4. The first-order valence-corrected chi connectivity index (χ1v) is 9.23. The van der Waals surface area contributed by atoms with Gasteiger partial charge in [0.05, 0.1) is 5.25 Å². The Morgan fingerprint density at radius 2 is 1.65 bits per heavy atom. The van der Waals surface area contributed by atoms with Crippen molar-refractivity contribution in [3.05, 3.63) is 46.3 Å². The van der Waals surface area contributed by atoms with Crippen molar-refractivity contribution < 1.29 is 9.59 Å². The molecule has 2 aromatic rings. The van der Waals surface area contributed by atoms with Gasteiger partial charge in [0.1, 0.15) is 0 Å². The Morgan fingerprint density at radius 3 is 2.23 bits per heavy atom. The van der Waals surface area contributed by atoms with Gasteiger partial charge in [-0.15, -0.1) is 0 Å². The van der Waals surface area contributed by atoms with Gasteiger partial charge in [0.25, 0.3) is 0 Å². The number of imide groups is 1. The standard InChI is InChI=1S/C19H24N4O2S/c1-10-7-8-16(11(2)9-10)22-18(25)23-17(24)15(6)26-19-20-13(4)12(3)14(5)21-19/h7-9,15H,1-6H3,(H2,22,23,24,25). The molecule has 1 aromatic heterocycles. The minimum Gasteiger partial charge on any atom is -0.307 e. The van der Waals surface area contributed by atoms with Gasteiger partial charge < -0.3 is 5.32 Å². The topological polar surface area (TPSA) is 84.0 Å². The van der Waals surface area contributed by atoms with Crippen molar-refractivity contribution in [1.82, 2.24) is 15.3 Å². The highest BCUT2D eigenvalue weighted by Gasteiger charge is 2.19. The zero-order valence-corrected chi connectivity index (χ0v) is 16.7. The van der Waals surface area contributed by atoms with E-state index in [-0.39, 0.29) is 0 Å². The molecule has 1 heterocycles. The molecule has 1 unspecified atom stereocenters. The maximum Gasteiger partial charge on any atom is 0.325 e. The van der Waals surface area contributed by atoms with Crippen LogP contribution in [0.2, 0.25) is 0 Å². The minimum atomic E-state index is -0.549. The van der Waals surface area contributed by atoms with Gasteiger partial charge >= 0.3 is 6.03 Å². The SMILES string of the molecule is Cc1ccc(NC(=O)NC(=O)C(C)Sc2nc(C)c(C)c(C)n2)c(C)c1. The number of nitrogens with zero attached hydrogens (tertiary/aromatic N) is 2. The number of carbonyl (C=O) groups is 2. The minimum absolute atomic E-state index is 0.392. The lowest BCUT2D eigenvalue weighted by atomic mass is 10.1. The second-order valence-corrected chi connectivity index (χ2v) is 7.63. The predicted octanol–water partition coefficient (Wildman–Crippen LogP) is 3.85. The third-order valence-electron chi connectivity index (χ3n) is 4.13. The van der Waals surface area contributed by atoms with Gasteiger partial charge in [-0.3, -0.25) is 10.1 Å². The molecular formula is C19H24N4O2S. The average molecular weight is 372 g/mol. The molecule has 3 amide bonds. The summed E-state index contributed by atoms with van der Waals surface area (Å²) in [7, 11) is 0. The summed E-state index contributed by atoms with van der Waals surface area (Å²) >= 11 is 1.23. The molecule has 138 valence electrons. The van der Waals surface area contributed by atoms with E-state index >= 15 is 0 Å². The van der Waals surface area contributed by atoms with Crippen molar-refractivity contribution >= 4 is 29.4 Å². The molecule has 2 N–H and O–H groups in total. The highest BCUT2D eigenvalue weighted by molar-refractivity contribution is 8.00.